The summed E-state index contributed by atoms with van der Waals surface area (Å²) in [4.78, 5) is 0. The molecule has 0 fully saturated rings. The third-order valence-electron chi connectivity index (χ3n) is 1.81. The van der Waals surface area contributed by atoms with E-state index in [0.717, 1.165) is 5.56 Å². The van der Waals surface area contributed by atoms with Gasteiger partial charge in [0.25, 0.3) is 0 Å². The number of nitrogens with zero attached hydrogens (tertiary/aromatic N) is 1. The Bertz CT molecular complexity index is 307. The summed E-state index contributed by atoms with van der Waals surface area (Å²) < 4.78 is 41.2. The molecular formula is C9H13F3N2O. The minimum Gasteiger partial charge on any atom is -0.351 e. The van der Waals surface area contributed by atoms with Crippen molar-refractivity contribution in [3.05, 3.63) is 24.0 Å². The predicted molar refractivity (Wildman–Crippen MR) is 49.0 cm³/mol. The van der Waals surface area contributed by atoms with Gasteiger partial charge in [-0.15, -0.1) is 0 Å². The first-order chi connectivity index (χ1) is 6.88. The fraction of sp³-hybridized carbons (Fsp3) is 0.556. The second-order valence-electron chi connectivity index (χ2n) is 3.34. The summed E-state index contributed by atoms with van der Waals surface area (Å²) in [5, 5.41) is 0. The summed E-state index contributed by atoms with van der Waals surface area (Å²) >= 11 is 0. The standard InChI is InChI=1S/C9H13F3N2O/c1-7(13)8-2-3-14(4-8)6-15-5-9(10,11)12/h2-4,7H,5-6,13H2,1H3. The second kappa shape index (κ2) is 4.67. The van der Waals surface area contributed by atoms with E-state index in [1.807, 2.05) is 0 Å². The van der Waals surface area contributed by atoms with Gasteiger partial charge in [-0.1, -0.05) is 0 Å². The van der Waals surface area contributed by atoms with Gasteiger partial charge in [-0.25, -0.2) is 0 Å². The molecule has 0 bridgehead atoms. The quantitative estimate of drug-likeness (QED) is 0.846. The van der Waals surface area contributed by atoms with Crippen LogP contribution in [-0.2, 0) is 11.5 Å². The van der Waals surface area contributed by atoms with Crippen molar-refractivity contribution in [1.29, 1.82) is 0 Å². The van der Waals surface area contributed by atoms with Crippen LogP contribution >= 0.6 is 0 Å². The topological polar surface area (TPSA) is 40.2 Å². The first kappa shape index (κ1) is 12.1. The van der Waals surface area contributed by atoms with Gasteiger partial charge in [0.2, 0.25) is 0 Å². The predicted octanol–water partition coefficient (Wildman–Crippen LogP) is 2.04. The molecule has 15 heavy (non-hydrogen) atoms. The van der Waals surface area contributed by atoms with Gasteiger partial charge in [0.05, 0.1) is 0 Å². The van der Waals surface area contributed by atoms with E-state index in [1.165, 1.54) is 4.57 Å². The maximum absolute atomic E-state index is 11.7. The number of ether oxygens (including phenoxy) is 1. The summed E-state index contributed by atoms with van der Waals surface area (Å²) in [6.07, 6.45) is -0.979. The molecule has 6 heteroatoms. The van der Waals surface area contributed by atoms with Gasteiger partial charge in [0.15, 0.2) is 0 Å². The van der Waals surface area contributed by atoms with Crippen molar-refractivity contribution in [2.24, 2.45) is 5.73 Å². The number of alkyl halides is 3. The van der Waals surface area contributed by atoms with Gasteiger partial charge in [0.1, 0.15) is 13.3 Å². The molecule has 0 saturated carbocycles. The van der Waals surface area contributed by atoms with Gasteiger partial charge >= 0.3 is 6.18 Å². The SMILES string of the molecule is CC(N)c1ccn(COCC(F)(F)F)c1. The Kier molecular flexibility index (Phi) is 3.76. The smallest absolute Gasteiger partial charge is 0.351 e. The molecule has 0 radical (unpaired) electrons. The van der Waals surface area contributed by atoms with E-state index < -0.39 is 12.8 Å². The van der Waals surface area contributed by atoms with Crippen LogP contribution in [0.4, 0.5) is 13.2 Å². The van der Waals surface area contributed by atoms with Gasteiger partial charge in [0, 0.05) is 18.4 Å². The van der Waals surface area contributed by atoms with Crippen LogP contribution < -0.4 is 5.73 Å². The summed E-state index contributed by atoms with van der Waals surface area (Å²) in [5.74, 6) is 0. The number of rotatable bonds is 4. The molecule has 0 aromatic carbocycles. The fourth-order valence-corrected chi connectivity index (χ4v) is 1.08. The minimum absolute atomic E-state index is 0.119. The van der Waals surface area contributed by atoms with Crippen molar-refractivity contribution in [2.75, 3.05) is 6.61 Å². The summed E-state index contributed by atoms with van der Waals surface area (Å²) in [5.41, 5.74) is 6.46. The van der Waals surface area contributed by atoms with Gasteiger partial charge < -0.3 is 15.0 Å². The Morgan fingerprint density at radius 1 is 1.53 bits per heavy atom. The second-order valence-corrected chi connectivity index (χ2v) is 3.34. The third kappa shape index (κ3) is 4.35. The highest BCUT2D eigenvalue weighted by Gasteiger charge is 2.27. The fourth-order valence-electron chi connectivity index (χ4n) is 1.08. The van der Waals surface area contributed by atoms with Gasteiger partial charge in [-0.3, -0.25) is 0 Å². The molecule has 1 rings (SSSR count). The molecule has 0 aliphatic rings. The number of aromatic nitrogens is 1. The highest BCUT2D eigenvalue weighted by atomic mass is 19.4. The van der Waals surface area contributed by atoms with Crippen LogP contribution in [0.25, 0.3) is 0 Å². The maximum Gasteiger partial charge on any atom is 0.411 e. The molecule has 1 atom stereocenters. The van der Waals surface area contributed by atoms with Crippen LogP contribution in [0.1, 0.15) is 18.5 Å². The highest BCUT2D eigenvalue weighted by Crippen LogP contribution is 2.15. The van der Waals surface area contributed by atoms with Crippen LogP contribution in [-0.4, -0.2) is 17.4 Å². The van der Waals surface area contributed by atoms with Crippen molar-refractivity contribution in [1.82, 2.24) is 4.57 Å². The number of nitrogens with two attached hydrogens (primary N) is 1. The Hall–Kier alpha value is -1.01. The number of hydrogen-bond donors (Lipinski definition) is 1. The third-order valence-corrected chi connectivity index (χ3v) is 1.81. The van der Waals surface area contributed by atoms with Crippen LogP contribution in [0.2, 0.25) is 0 Å². The van der Waals surface area contributed by atoms with Gasteiger partial charge in [-0.2, -0.15) is 13.2 Å². The lowest BCUT2D eigenvalue weighted by atomic mass is 10.2. The highest BCUT2D eigenvalue weighted by molar-refractivity contribution is 5.13. The van der Waals surface area contributed by atoms with Gasteiger partial charge in [-0.05, 0) is 18.6 Å². The Morgan fingerprint density at radius 2 is 2.20 bits per heavy atom. The number of hydrogen-bond acceptors (Lipinski definition) is 2. The van der Waals surface area contributed by atoms with Crippen molar-refractivity contribution in [2.45, 2.75) is 25.9 Å². The van der Waals surface area contributed by atoms with Crippen LogP contribution in [0, 0.1) is 0 Å². The number of halogens is 3. The normalized spacial score (nSPS) is 14.2. The molecule has 0 amide bonds. The molecule has 1 unspecified atom stereocenters. The Labute approximate surface area is 85.6 Å². The zero-order valence-electron chi connectivity index (χ0n) is 8.29. The summed E-state index contributed by atoms with van der Waals surface area (Å²) in [6, 6.07) is 1.62. The van der Waals surface area contributed by atoms with Crippen molar-refractivity contribution in [3.8, 4) is 0 Å². The molecule has 3 nitrogen and oxygen atoms in total. The van der Waals surface area contributed by atoms with Crippen LogP contribution in [0.3, 0.4) is 0 Å². The monoisotopic (exact) mass is 222 g/mol. The average molecular weight is 222 g/mol. The molecule has 86 valence electrons. The molecule has 2 N–H and O–H groups in total. The van der Waals surface area contributed by atoms with E-state index >= 15 is 0 Å². The van der Waals surface area contributed by atoms with E-state index in [-0.39, 0.29) is 12.8 Å². The van der Waals surface area contributed by atoms with Crippen molar-refractivity contribution in [3.63, 3.8) is 0 Å². The van der Waals surface area contributed by atoms with Crippen molar-refractivity contribution >= 4 is 0 Å². The molecule has 0 aliphatic carbocycles. The summed E-state index contributed by atoms with van der Waals surface area (Å²) in [6.45, 7) is 0.446. The zero-order chi connectivity index (χ0) is 11.5. The molecule has 0 spiro atoms. The van der Waals surface area contributed by atoms with Crippen molar-refractivity contribution < 1.29 is 17.9 Å². The molecule has 1 aromatic heterocycles. The lowest BCUT2D eigenvalue weighted by molar-refractivity contribution is -0.181. The molecular weight excluding hydrogens is 209 g/mol. The molecule has 1 heterocycles. The Balaban J connectivity index is 2.38. The van der Waals surface area contributed by atoms with Crippen LogP contribution in [0.15, 0.2) is 18.5 Å². The van der Waals surface area contributed by atoms with E-state index in [0.29, 0.717) is 0 Å². The first-order valence-corrected chi connectivity index (χ1v) is 4.44. The van der Waals surface area contributed by atoms with E-state index in [4.69, 9.17) is 5.73 Å². The van der Waals surface area contributed by atoms with E-state index in [9.17, 15) is 13.2 Å². The lowest BCUT2D eigenvalue weighted by Gasteiger charge is -2.08. The Morgan fingerprint density at radius 3 is 2.67 bits per heavy atom. The molecule has 0 aliphatic heterocycles. The largest absolute Gasteiger partial charge is 0.411 e. The average Bonchev–Trinajstić information content (AvgIpc) is 2.50. The van der Waals surface area contributed by atoms with E-state index in [1.54, 1.807) is 25.4 Å². The molecule has 1 aromatic rings. The minimum atomic E-state index is -4.28. The van der Waals surface area contributed by atoms with E-state index in [2.05, 4.69) is 4.74 Å². The molecule has 0 saturated heterocycles. The lowest BCUT2D eigenvalue weighted by Crippen LogP contribution is -2.18. The maximum atomic E-state index is 11.7. The van der Waals surface area contributed by atoms with Crippen LogP contribution in [0.5, 0.6) is 0 Å². The zero-order valence-corrected chi connectivity index (χ0v) is 8.29. The summed E-state index contributed by atoms with van der Waals surface area (Å²) in [7, 11) is 0. The first-order valence-electron chi connectivity index (χ1n) is 4.44.